The van der Waals surface area contributed by atoms with Crippen LogP contribution in [0.2, 0.25) is 0 Å². The minimum Gasteiger partial charge on any atom is -0.463 e. The molecule has 2 rings (SSSR count). The number of ether oxygens (including phenoxy) is 6. The fraction of sp³-hybridized carbons (Fsp3) is 0.577. The first kappa shape index (κ1) is 30.7. The Balaban J connectivity index is 2.01. The molecule has 0 aliphatic carbocycles. The fourth-order valence-corrected chi connectivity index (χ4v) is 3.81. The van der Waals surface area contributed by atoms with Gasteiger partial charge in [-0.1, -0.05) is 30.3 Å². The summed E-state index contributed by atoms with van der Waals surface area (Å²) < 4.78 is 32.8. The number of hydrogen-bond acceptors (Lipinski definition) is 11. The maximum Gasteiger partial charge on any atom is 0.306 e. The van der Waals surface area contributed by atoms with Crippen LogP contribution in [0.4, 0.5) is 0 Å². The SMILES string of the molecule is CC(=O)N[C@H]1[C@H](OCCCCC(=O)OCc2ccccc2)O[C@H](COC(C)=O)[C@H](OC(C)=O)[C@@H]1OC(C)=O. The van der Waals surface area contributed by atoms with Gasteiger partial charge in [-0.15, -0.1) is 0 Å². The maximum atomic E-state index is 12.0. The van der Waals surface area contributed by atoms with E-state index in [0.717, 1.165) is 12.5 Å². The highest BCUT2D eigenvalue weighted by atomic mass is 16.7. The second kappa shape index (κ2) is 15.7. The van der Waals surface area contributed by atoms with Crippen LogP contribution in [0.25, 0.3) is 0 Å². The van der Waals surface area contributed by atoms with Gasteiger partial charge in [-0.2, -0.15) is 0 Å². The molecule has 1 aromatic carbocycles. The van der Waals surface area contributed by atoms with Gasteiger partial charge in [0.15, 0.2) is 18.5 Å². The molecule has 5 atom stereocenters. The number of carbonyl (C=O) groups excluding carboxylic acids is 5. The molecule has 38 heavy (non-hydrogen) atoms. The van der Waals surface area contributed by atoms with Crippen molar-refractivity contribution in [2.75, 3.05) is 13.2 Å². The Morgan fingerprint density at radius 1 is 0.842 bits per heavy atom. The van der Waals surface area contributed by atoms with Gasteiger partial charge in [0.25, 0.3) is 0 Å². The molecule has 0 saturated carbocycles. The van der Waals surface area contributed by atoms with Crippen molar-refractivity contribution in [3.8, 4) is 0 Å². The summed E-state index contributed by atoms with van der Waals surface area (Å²) in [6.45, 7) is 4.78. The summed E-state index contributed by atoms with van der Waals surface area (Å²) in [5.74, 6) is -2.79. The molecule has 0 bridgehead atoms. The smallest absolute Gasteiger partial charge is 0.306 e. The largest absolute Gasteiger partial charge is 0.463 e. The Morgan fingerprint density at radius 2 is 1.50 bits per heavy atom. The highest BCUT2D eigenvalue weighted by Crippen LogP contribution is 2.28. The average Bonchev–Trinajstić information content (AvgIpc) is 2.84. The normalized spacial score (nSPS) is 22.6. The molecule has 12 heteroatoms. The average molecular weight is 538 g/mol. The molecule has 0 unspecified atom stereocenters. The molecule has 0 aromatic heterocycles. The van der Waals surface area contributed by atoms with Crippen LogP contribution >= 0.6 is 0 Å². The summed E-state index contributed by atoms with van der Waals surface area (Å²) in [6, 6.07) is 8.28. The van der Waals surface area contributed by atoms with Crippen molar-refractivity contribution in [3.63, 3.8) is 0 Å². The standard InChI is InChI=1S/C26H35NO11/c1-16(28)27-23-25(37-19(4)31)24(36-18(3)30)21(15-34-17(2)29)38-26(23)33-13-9-8-12-22(32)35-14-20-10-6-5-7-11-20/h5-7,10-11,21,23-26H,8-9,12-15H2,1-4H3,(H,27,28)/t21-,23-,24+,25-,26-/m1/s1. The molecule has 0 radical (unpaired) electrons. The summed E-state index contributed by atoms with van der Waals surface area (Å²) >= 11 is 0. The van der Waals surface area contributed by atoms with E-state index in [1.807, 2.05) is 30.3 Å². The minimum atomic E-state index is -1.19. The van der Waals surface area contributed by atoms with Crippen molar-refractivity contribution in [2.45, 2.75) is 84.2 Å². The number of rotatable bonds is 13. The topological polar surface area (TPSA) is 153 Å². The van der Waals surface area contributed by atoms with E-state index in [4.69, 9.17) is 28.4 Å². The molecule has 1 N–H and O–H groups in total. The summed E-state index contributed by atoms with van der Waals surface area (Å²) in [7, 11) is 0. The molecule has 1 fully saturated rings. The molecule has 210 valence electrons. The zero-order valence-electron chi connectivity index (χ0n) is 22.0. The van der Waals surface area contributed by atoms with E-state index in [0.29, 0.717) is 12.8 Å². The maximum absolute atomic E-state index is 12.0. The monoisotopic (exact) mass is 537 g/mol. The van der Waals surface area contributed by atoms with Gasteiger partial charge in [0.05, 0.1) is 0 Å². The predicted molar refractivity (Wildman–Crippen MR) is 130 cm³/mol. The number of carbonyl (C=O) groups is 5. The van der Waals surface area contributed by atoms with E-state index >= 15 is 0 Å². The van der Waals surface area contributed by atoms with Gasteiger partial charge in [0, 0.05) is 40.7 Å². The van der Waals surface area contributed by atoms with Crippen LogP contribution in [0.3, 0.4) is 0 Å². The van der Waals surface area contributed by atoms with Crippen LogP contribution in [0.1, 0.15) is 52.5 Å². The Hall–Kier alpha value is -3.51. The van der Waals surface area contributed by atoms with Gasteiger partial charge >= 0.3 is 23.9 Å². The third-order valence-electron chi connectivity index (χ3n) is 5.37. The van der Waals surface area contributed by atoms with Crippen molar-refractivity contribution >= 4 is 29.8 Å². The van der Waals surface area contributed by atoms with E-state index < -0.39 is 54.5 Å². The molecule has 1 aliphatic rings. The van der Waals surface area contributed by atoms with E-state index in [1.165, 1.54) is 20.8 Å². The molecule has 1 aliphatic heterocycles. The first-order chi connectivity index (χ1) is 18.1. The highest BCUT2D eigenvalue weighted by molar-refractivity contribution is 5.73. The van der Waals surface area contributed by atoms with Crippen molar-refractivity contribution in [1.82, 2.24) is 5.32 Å². The van der Waals surface area contributed by atoms with Crippen LogP contribution in [0.5, 0.6) is 0 Å². The number of hydrogen-bond donors (Lipinski definition) is 1. The molecule has 1 aromatic rings. The summed E-state index contributed by atoms with van der Waals surface area (Å²) in [4.78, 5) is 59.0. The van der Waals surface area contributed by atoms with Gasteiger partial charge in [0.1, 0.15) is 25.4 Å². The van der Waals surface area contributed by atoms with Gasteiger partial charge in [0.2, 0.25) is 5.91 Å². The first-order valence-electron chi connectivity index (χ1n) is 12.3. The Bertz CT molecular complexity index is 952. The lowest BCUT2D eigenvalue weighted by Gasteiger charge is -2.44. The van der Waals surface area contributed by atoms with Crippen molar-refractivity contribution in [2.24, 2.45) is 0 Å². The lowest BCUT2D eigenvalue weighted by Crippen LogP contribution is -2.66. The number of amides is 1. The van der Waals surface area contributed by atoms with E-state index in [-0.39, 0.29) is 32.2 Å². The van der Waals surface area contributed by atoms with E-state index in [1.54, 1.807) is 0 Å². The van der Waals surface area contributed by atoms with Crippen molar-refractivity contribution in [1.29, 1.82) is 0 Å². The zero-order valence-corrected chi connectivity index (χ0v) is 22.0. The summed E-state index contributed by atoms with van der Waals surface area (Å²) in [5.41, 5.74) is 0.889. The van der Waals surface area contributed by atoms with Crippen LogP contribution in [-0.4, -0.2) is 73.6 Å². The Kier molecular flexibility index (Phi) is 12.7. The molecule has 0 spiro atoms. The van der Waals surface area contributed by atoms with Crippen LogP contribution in [0.15, 0.2) is 30.3 Å². The molecule has 12 nitrogen and oxygen atoms in total. The fourth-order valence-electron chi connectivity index (χ4n) is 3.81. The van der Waals surface area contributed by atoms with Crippen LogP contribution < -0.4 is 5.32 Å². The molecule has 1 heterocycles. The minimum absolute atomic E-state index is 0.123. The third-order valence-corrected chi connectivity index (χ3v) is 5.37. The van der Waals surface area contributed by atoms with Gasteiger partial charge in [-0.3, -0.25) is 24.0 Å². The van der Waals surface area contributed by atoms with Gasteiger partial charge < -0.3 is 33.7 Å². The van der Waals surface area contributed by atoms with Crippen LogP contribution in [-0.2, 0) is 59.0 Å². The van der Waals surface area contributed by atoms with Gasteiger partial charge in [-0.25, -0.2) is 0 Å². The Morgan fingerprint density at radius 3 is 2.11 bits per heavy atom. The van der Waals surface area contributed by atoms with Crippen LogP contribution in [0, 0.1) is 0 Å². The second-order valence-corrected chi connectivity index (χ2v) is 8.69. The number of nitrogens with one attached hydrogen (secondary N) is 1. The highest BCUT2D eigenvalue weighted by Gasteiger charge is 2.51. The number of benzene rings is 1. The summed E-state index contributed by atoms with van der Waals surface area (Å²) in [5, 5.41) is 2.63. The number of unbranched alkanes of at least 4 members (excludes halogenated alkanes) is 1. The van der Waals surface area contributed by atoms with Gasteiger partial charge in [-0.05, 0) is 18.4 Å². The number of esters is 4. The predicted octanol–water partition coefficient (Wildman–Crippen LogP) is 1.57. The lowest BCUT2D eigenvalue weighted by molar-refractivity contribution is -0.277. The molecular formula is C26H35NO11. The summed E-state index contributed by atoms with van der Waals surface area (Å²) in [6.07, 6.45) is -3.47. The third kappa shape index (κ3) is 10.9. The second-order valence-electron chi connectivity index (χ2n) is 8.69. The van der Waals surface area contributed by atoms with E-state index in [9.17, 15) is 24.0 Å². The molecule has 1 saturated heterocycles. The zero-order chi connectivity index (χ0) is 28.1. The lowest BCUT2D eigenvalue weighted by atomic mass is 9.96. The van der Waals surface area contributed by atoms with E-state index in [2.05, 4.69) is 5.32 Å². The van der Waals surface area contributed by atoms with Crippen molar-refractivity contribution < 1.29 is 52.4 Å². The Labute approximate surface area is 221 Å². The first-order valence-corrected chi connectivity index (χ1v) is 12.3. The quantitative estimate of drug-likeness (QED) is 0.222. The van der Waals surface area contributed by atoms with Crippen molar-refractivity contribution in [3.05, 3.63) is 35.9 Å². The molecular weight excluding hydrogens is 502 g/mol. The molecule has 1 amide bonds.